The molecule has 1 fully saturated rings. The van der Waals surface area contributed by atoms with Crippen molar-refractivity contribution in [2.24, 2.45) is 17.6 Å². The van der Waals surface area contributed by atoms with Crippen LogP contribution in [0.15, 0.2) is 47.2 Å². The third kappa shape index (κ3) is 2.46. The number of hydrogen-bond donors (Lipinski definition) is 3. The van der Waals surface area contributed by atoms with Crippen molar-refractivity contribution in [2.75, 3.05) is 0 Å². The van der Waals surface area contributed by atoms with E-state index >= 15 is 0 Å². The summed E-state index contributed by atoms with van der Waals surface area (Å²) in [5.41, 5.74) is 4.53. The lowest BCUT2D eigenvalue weighted by Crippen LogP contribution is -2.62. The van der Waals surface area contributed by atoms with E-state index in [4.69, 9.17) is 5.73 Å². The van der Waals surface area contributed by atoms with Crippen LogP contribution in [-0.4, -0.2) is 16.9 Å². The highest BCUT2D eigenvalue weighted by Crippen LogP contribution is 2.45. The molecule has 2 heterocycles. The maximum absolute atomic E-state index is 12.5. The Kier molecular flexibility index (Phi) is 4.09. The van der Waals surface area contributed by atoms with Crippen molar-refractivity contribution >= 4 is 23.2 Å². The number of benzene rings is 1. The highest BCUT2D eigenvalue weighted by atomic mass is 32.1. The van der Waals surface area contributed by atoms with E-state index < -0.39 is 35.3 Å². The number of nitriles is 1. The number of rotatable bonds is 3. The first kappa shape index (κ1) is 16.2. The van der Waals surface area contributed by atoms with Crippen molar-refractivity contribution in [3.63, 3.8) is 0 Å². The zero-order valence-electron chi connectivity index (χ0n) is 12.5. The predicted molar refractivity (Wildman–Crippen MR) is 87.3 cm³/mol. The maximum atomic E-state index is 12.5. The number of hydrogen-bond acceptors (Lipinski definition) is 5. The normalized spacial score (nSPS) is 29.5. The summed E-state index contributed by atoms with van der Waals surface area (Å²) in [6, 6.07) is 12.2. The summed E-state index contributed by atoms with van der Waals surface area (Å²) < 4.78 is 0. The Hall–Kier alpha value is -2.69. The summed E-state index contributed by atoms with van der Waals surface area (Å²) in [6.07, 6.45) is 0. The Balaban J connectivity index is 2.17. The molecule has 1 aromatic carbocycles. The van der Waals surface area contributed by atoms with Crippen molar-refractivity contribution in [3.8, 4) is 6.07 Å². The molecule has 1 aliphatic rings. The smallest absolute Gasteiger partial charge is 0.235 e. The Labute approximate surface area is 142 Å². The van der Waals surface area contributed by atoms with E-state index in [1.54, 1.807) is 47.2 Å². The lowest BCUT2D eigenvalue weighted by Gasteiger charge is -2.44. The second-order valence-electron chi connectivity index (χ2n) is 5.69. The molecule has 1 aliphatic heterocycles. The van der Waals surface area contributed by atoms with Crippen LogP contribution >= 0.6 is 11.3 Å². The second kappa shape index (κ2) is 6.07. The van der Waals surface area contributed by atoms with E-state index in [0.717, 1.165) is 0 Å². The number of aliphatic hydroxyl groups is 1. The van der Waals surface area contributed by atoms with Crippen molar-refractivity contribution < 1.29 is 14.7 Å². The van der Waals surface area contributed by atoms with Crippen molar-refractivity contribution in [3.05, 3.63) is 58.3 Å². The van der Waals surface area contributed by atoms with Gasteiger partial charge in [-0.2, -0.15) is 16.6 Å². The Morgan fingerprint density at radius 3 is 2.58 bits per heavy atom. The topological polar surface area (TPSA) is 116 Å². The third-order valence-corrected chi connectivity index (χ3v) is 5.05. The molecule has 4 atom stereocenters. The van der Waals surface area contributed by atoms with Gasteiger partial charge in [-0.1, -0.05) is 30.3 Å². The van der Waals surface area contributed by atoms with Crippen LogP contribution in [-0.2, 0) is 15.3 Å². The maximum Gasteiger partial charge on any atom is 0.235 e. The molecular weight excluding hydrogens is 326 g/mol. The zero-order chi connectivity index (χ0) is 17.3. The SMILES string of the molecule is N#C[C@H]1[C@H](c2ccsc2)[C@@H](C(N)=O)C(=O)N[C@@]1(O)c1ccccc1. The molecule has 2 amide bonds. The van der Waals surface area contributed by atoms with Crippen LogP contribution in [0, 0.1) is 23.2 Å². The van der Waals surface area contributed by atoms with E-state index in [9.17, 15) is 20.0 Å². The van der Waals surface area contributed by atoms with Gasteiger partial charge in [0.25, 0.3) is 0 Å². The number of primary amides is 1. The largest absolute Gasteiger partial charge is 0.369 e. The molecule has 7 heteroatoms. The molecule has 1 aromatic heterocycles. The van der Waals surface area contributed by atoms with E-state index in [1.165, 1.54) is 11.3 Å². The summed E-state index contributed by atoms with van der Waals surface area (Å²) in [4.78, 5) is 24.4. The molecular formula is C17H15N3O3S. The van der Waals surface area contributed by atoms with Gasteiger partial charge in [-0.15, -0.1) is 0 Å². The van der Waals surface area contributed by atoms with Crippen molar-refractivity contribution in [1.82, 2.24) is 5.32 Å². The van der Waals surface area contributed by atoms with E-state index in [0.29, 0.717) is 11.1 Å². The molecule has 2 aromatic rings. The van der Waals surface area contributed by atoms with Gasteiger partial charge >= 0.3 is 0 Å². The molecule has 6 nitrogen and oxygen atoms in total. The van der Waals surface area contributed by atoms with E-state index in [2.05, 4.69) is 11.4 Å². The van der Waals surface area contributed by atoms with Crippen LogP contribution < -0.4 is 11.1 Å². The summed E-state index contributed by atoms with van der Waals surface area (Å²) >= 11 is 1.38. The van der Waals surface area contributed by atoms with Gasteiger partial charge in [0.05, 0.1) is 6.07 Å². The minimum atomic E-state index is -1.90. The highest BCUT2D eigenvalue weighted by molar-refractivity contribution is 7.08. The fourth-order valence-electron chi connectivity index (χ4n) is 3.23. The first-order valence-corrected chi connectivity index (χ1v) is 8.24. The molecule has 1 saturated heterocycles. The van der Waals surface area contributed by atoms with Gasteiger partial charge in [-0.3, -0.25) is 9.59 Å². The van der Waals surface area contributed by atoms with Gasteiger partial charge in [0, 0.05) is 11.5 Å². The standard InChI is InChI=1S/C17H15N3O3S/c18-8-12-13(10-6-7-24-9-10)14(15(19)21)16(22)20-17(12,23)11-4-2-1-3-5-11/h1-7,9,12-14,23H,(H2,19,21)(H,20,22)/t12-,13-,14-,17+/m0/s1. The average Bonchev–Trinajstić information content (AvgIpc) is 3.08. The number of amides is 2. The molecule has 0 unspecified atom stereocenters. The van der Waals surface area contributed by atoms with Gasteiger partial charge < -0.3 is 16.2 Å². The molecule has 24 heavy (non-hydrogen) atoms. The van der Waals surface area contributed by atoms with Crippen LogP contribution in [0.3, 0.4) is 0 Å². The molecule has 0 radical (unpaired) electrons. The van der Waals surface area contributed by atoms with Gasteiger partial charge in [0.15, 0.2) is 5.72 Å². The minimum absolute atomic E-state index is 0.382. The Morgan fingerprint density at radius 1 is 1.33 bits per heavy atom. The number of nitrogens with zero attached hydrogens (tertiary/aromatic N) is 1. The third-order valence-electron chi connectivity index (χ3n) is 4.35. The molecule has 3 rings (SSSR count). The molecule has 0 bridgehead atoms. The minimum Gasteiger partial charge on any atom is -0.369 e. The van der Waals surface area contributed by atoms with Crippen LogP contribution in [0.1, 0.15) is 17.0 Å². The van der Waals surface area contributed by atoms with E-state index in [1.807, 2.05) is 0 Å². The number of carbonyl (C=O) groups excluding carboxylic acids is 2. The Morgan fingerprint density at radius 2 is 2.04 bits per heavy atom. The zero-order valence-corrected chi connectivity index (χ0v) is 13.4. The van der Waals surface area contributed by atoms with Crippen molar-refractivity contribution in [2.45, 2.75) is 11.6 Å². The highest BCUT2D eigenvalue weighted by Gasteiger charge is 2.55. The molecule has 0 aliphatic carbocycles. The summed E-state index contributed by atoms with van der Waals surface area (Å²) in [5, 5.41) is 26.8. The number of nitrogens with two attached hydrogens (primary N) is 1. The van der Waals surface area contributed by atoms with Gasteiger partial charge in [0.1, 0.15) is 11.8 Å². The summed E-state index contributed by atoms with van der Waals surface area (Å²) in [5.74, 6) is -4.61. The predicted octanol–water partition coefficient (Wildman–Crippen LogP) is 1.05. The quantitative estimate of drug-likeness (QED) is 0.723. The van der Waals surface area contributed by atoms with Crippen molar-refractivity contribution in [1.29, 1.82) is 5.26 Å². The van der Waals surface area contributed by atoms with Crippen LogP contribution in [0.4, 0.5) is 0 Å². The average molecular weight is 341 g/mol. The van der Waals surface area contributed by atoms with Crippen LogP contribution in [0.2, 0.25) is 0 Å². The van der Waals surface area contributed by atoms with Crippen LogP contribution in [0.5, 0.6) is 0 Å². The molecule has 4 N–H and O–H groups in total. The first-order chi connectivity index (χ1) is 11.5. The number of thiophene rings is 1. The van der Waals surface area contributed by atoms with Gasteiger partial charge in [-0.05, 0) is 22.4 Å². The number of nitrogens with one attached hydrogen (secondary N) is 1. The van der Waals surface area contributed by atoms with Crippen LogP contribution in [0.25, 0.3) is 0 Å². The fourth-order valence-corrected chi connectivity index (χ4v) is 3.94. The number of piperidine rings is 1. The summed E-state index contributed by atoms with van der Waals surface area (Å²) in [7, 11) is 0. The fraction of sp³-hybridized carbons (Fsp3) is 0.235. The first-order valence-electron chi connectivity index (χ1n) is 7.30. The lowest BCUT2D eigenvalue weighted by atomic mass is 9.68. The van der Waals surface area contributed by atoms with Gasteiger partial charge in [0.2, 0.25) is 11.8 Å². The lowest BCUT2D eigenvalue weighted by molar-refractivity contribution is -0.153. The Bertz CT molecular complexity index is 800. The van der Waals surface area contributed by atoms with E-state index in [-0.39, 0.29) is 0 Å². The number of carbonyl (C=O) groups is 2. The second-order valence-corrected chi connectivity index (χ2v) is 6.47. The summed E-state index contributed by atoms with van der Waals surface area (Å²) in [6.45, 7) is 0. The monoisotopic (exact) mass is 341 g/mol. The van der Waals surface area contributed by atoms with Gasteiger partial charge in [-0.25, -0.2) is 0 Å². The molecule has 0 saturated carbocycles. The molecule has 0 spiro atoms. The molecule has 122 valence electrons.